The van der Waals surface area contributed by atoms with Crippen molar-refractivity contribution in [3.05, 3.63) is 35.4 Å². The lowest BCUT2D eigenvalue weighted by Gasteiger charge is -2.28. The Morgan fingerprint density at radius 3 is 3.00 bits per heavy atom. The normalized spacial score (nSPS) is 18.4. The van der Waals surface area contributed by atoms with Crippen molar-refractivity contribution in [3.8, 4) is 0 Å². The van der Waals surface area contributed by atoms with Crippen LogP contribution in [0.1, 0.15) is 36.3 Å². The highest BCUT2D eigenvalue weighted by molar-refractivity contribution is 5.85. The van der Waals surface area contributed by atoms with Crippen LogP contribution in [0.2, 0.25) is 0 Å². The van der Waals surface area contributed by atoms with Crippen LogP contribution in [-0.2, 0) is 11.2 Å². The van der Waals surface area contributed by atoms with Crippen LogP contribution in [0.25, 0.3) is 0 Å². The molecule has 0 aliphatic heterocycles. The number of nitrogens with two attached hydrogens (primary N) is 1. The van der Waals surface area contributed by atoms with Gasteiger partial charge in [-0.15, -0.1) is 0 Å². The molecule has 0 radical (unpaired) electrons. The van der Waals surface area contributed by atoms with Gasteiger partial charge in [0.1, 0.15) is 5.84 Å². The molecular formula is C15H21N3O2. The van der Waals surface area contributed by atoms with Crippen LogP contribution in [0.4, 0.5) is 0 Å². The fourth-order valence-corrected chi connectivity index (χ4v) is 2.72. The standard InChI is InChI=1S/C15H21N3O2/c1-18(10-9-14(16)17-20)15(19)13-8-4-6-11-5-2-3-7-12(11)13/h2-3,5,7,13,20H,4,6,8-10H2,1H3,(H2,16,17). The first kappa shape index (κ1) is 14.4. The number of hydrogen-bond acceptors (Lipinski definition) is 3. The van der Waals surface area contributed by atoms with E-state index in [1.165, 1.54) is 5.56 Å². The van der Waals surface area contributed by atoms with Crippen LogP contribution < -0.4 is 5.73 Å². The summed E-state index contributed by atoms with van der Waals surface area (Å²) in [5.74, 6) is 0.203. The molecule has 1 unspecified atom stereocenters. The zero-order chi connectivity index (χ0) is 14.5. The highest BCUT2D eigenvalue weighted by Crippen LogP contribution is 2.32. The van der Waals surface area contributed by atoms with Crippen LogP contribution in [-0.4, -0.2) is 35.4 Å². The Kier molecular flexibility index (Phi) is 4.61. The van der Waals surface area contributed by atoms with Gasteiger partial charge in [0.2, 0.25) is 5.91 Å². The summed E-state index contributed by atoms with van der Waals surface area (Å²) in [4.78, 5) is 14.2. The van der Waals surface area contributed by atoms with Crippen molar-refractivity contribution >= 4 is 11.7 Å². The van der Waals surface area contributed by atoms with Gasteiger partial charge >= 0.3 is 0 Å². The molecule has 0 spiro atoms. The SMILES string of the molecule is CN(CCC(N)=NO)C(=O)C1CCCc2ccccc21. The van der Waals surface area contributed by atoms with Gasteiger partial charge in [-0.1, -0.05) is 29.4 Å². The third-order valence-electron chi connectivity index (χ3n) is 3.88. The maximum atomic E-state index is 12.5. The van der Waals surface area contributed by atoms with Gasteiger partial charge < -0.3 is 15.8 Å². The first-order valence-electron chi connectivity index (χ1n) is 6.92. The van der Waals surface area contributed by atoms with Crippen molar-refractivity contribution in [2.75, 3.05) is 13.6 Å². The minimum Gasteiger partial charge on any atom is -0.409 e. The lowest BCUT2D eigenvalue weighted by atomic mass is 9.82. The number of carbonyl (C=O) groups is 1. The van der Waals surface area contributed by atoms with Gasteiger partial charge in [-0.2, -0.15) is 0 Å². The maximum absolute atomic E-state index is 12.5. The fraction of sp³-hybridized carbons (Fsp3) is 0.467. The number of fused-ring (bicyclic) bond motifs is 1. The van der Waals surface area contributed by atoms with E-state index in [1.807, 2.05) is 12.1 Å². The number of oxime groups is 1. The summed E-state index contributed by atoms with van der Waals surface area (Å²) in [6.07, 6.45) is 3.37. The van der Waals surface area contributed by atoms with Crippen molar-refractivity contribution < 1.29 is 10.0 Å². The molecule has 0 fully saturated rings. The van der Waals surface area contributed by atoms with E-state index in [9.17, 15) is 4.79 Å². The minimum absolute atomic E-state index is 0.0581. The summed E-state index contributed by atoms with van der Waals surface area (Å²) < 4.78 is 0. The van der Waals surface area contributed by atoms with Crippen molar-refractivity contribution in [3.63, 3.8) is 0 Å². The number of likely N-dealkylation sites (N-methyl/N-ethyl adjacent to an activating group) is 1. The lowest BCUT2D eigenvalue weighted by Crippen LogP contribution is -2.35. The molecule has 0 bridgehead atoms. The number of nitrogens with zero attached hydrogens (tertiary/aromatic N) is 2. The number of amides is 1. The Morgan fingerprint density at radius 2 is 2.25 bits per heavy atom. The molecule has 1 aliphatic carbocycles. The molecule has 1 amide bonds. The molecule has 5 heteroatoms. The van der Waals surface area contributed by atoms with Crippen LogP contribution in [0.3, 0.4) is 0 Å². The quantitative estimate of drug-likeness (QED) is 0.380. The van der Waals surface area contributed by atoms with Crippen LogP contribution >= 0.6 is 0 Å². The van der Waals surface area contributed by atoms with E-state index in [2.05, 4.69) is 17.3 Å². The molecule has 0 saturated heterocycles. The van der Waals surface area contributed by atoms with E-state index in [0.717, 1.165) is 24.8 Å². The number of aryl methyl sites for hydroxylation is 1. The second kappa shape index (κ2) is 6.41. The van der Waals surface area contributed by atoms with E-state index in [0.29, 0.717) is 13.0 Å². The second-order valence-electron chi connectivity index (χ2n) is 5.24. The topological polar surface area (TPSA) is 78.9 Å². The van der Waals surface area contributed by atoms with Gasteiger partial charge in [0.25, 0.3) is 0 Å². The van der Waals surface area contributed by atoms with Crippen LogP contribution in [0, 0.1) is 0 Å². The molecule has 20 heavy (non-hydrogen) atoms. The van der Waals surface area contributed by atoms with E-state index in [1.54, 1.807) is 11.9 Å². The number of carbonyl (C=O) groups excluding carboxylic acids is 1. The summed E-state index contributed by atoms with van der Waals surface area (Å²) in [7, 11) is 1.77. The molecule has 2 rings (SSSR count). The molecule has 0 aromatic heterocycles. The first-order valence-corrected chi connectivity index (χ1v) is 6.92. The number of rotatable bonds is 4. The maximum Gasteiger partial charge on any atom is 0.229 e. The summed E-state index contributed by atoms with van der Waals surface area (Å²) >= 11 is 0. The van der Waals surface area contributed by atoms with Gasteiger partial charge in [0.15, 0.2) is 0 Å². The largest absolute Gasteiger partial charge is 0.409 e. The average Bonchev–Trinajstić information content (AvgIpc) is 2.50. The second-order valence-corrected chi connectivity index (χ2v) is 5.24. The Hall–Kier alpha value is -2.04. The Morgan fingerprint density at radius 1 is 1.50 bits per heavy atom. The summed E-state index contributed by atoms with van der Waals surface area (Å²) in [5.41, 5.74) is 7.87. The highest BCUT2D eigenvalue weighted by Gasteiger charge is 2.28. The molecule has 0 saturated carbocycles. The van der Waals surface area contributed by atoms with Crippen molar-refractivity contribution in [1.82, 2.24) is 4.90 Å². The zero-order valence-corrected chi connectivity index (χ0v) is 11.7. The van der Waals surface area contributed by atoms with Gasteiger partial charge in [-0.3, -0.25) is 4.79 Å². The molecule has 5 nitrogen and oxygen atoms in total. The number of amidine groups is 1. The molecule has 1 aromatic carbocycles. The van der Waals surface area contributed by atoms with Gasteiger partial charge in [-0.25, -0.2) is 0 Å². The molecule has 1 aromatic rings. The van der Waals surface area contributed by atoms with Gasteiger partial charge in [0.05, 0.1) is 5.92 Å². The highest BCUT2D eigenvalue weighted by atomic mass is 16.4. The third kappa shape index (κ3) is 3.10. The predicted octanol–water partition coefficient (Wildman–Crippen LogP) is 1.70. The first-order chi connectivity index (χ1) is 9.63. The van der Waals surface area contributed by atoms with Crippen molar-refractivity contribution in [1.29, 1.82) is 0 Å². The molecular weight excluding hydrogens is 254 g/mol. The van der Waals surface area contributed by atoms with E-state index >= 15 is 0 Å². The zero-order valence-electron chi connectivity index (χ0n) is 11.7. The molecule has 0 heterocycles. The van der Waals surface area contributed by atoms with Gasteiger partial charge in [-0.05, 0) is 30.4 Å². The fourth-order valence-electron chi connectivity index (χ4n) is 2.72. The van der Waals surface area contributed by atoms with Gasteiger partial charge in [0, 0.05) is 20.0 Å². The van der Waals surface area contributed by atoms with Crippen molar-refractivity contribution in [2.24, 2.45) is 10.9 Å². The monoisotopic (exact) mass is 275 g/mol. The Balaban J connectivity index is 2.06. The van der Waals surface area contributed by atoms with E-state index < -0.39 is 0 Å². The Labute approximate surface area is 119 Å². The molecule has 108 valence electrons. The van der Waals surface area contributed by atoms with Crippen LogP contribution in [0.5, 0.6) is 0 Å². The predicted molar refractivity (Wildman–Crippen MR) is 77.8 cm³/mol. The minimum atomic E-state index is -0.0581. The molecule has 1 aliphatic rings. The summed E-state index contributed by atoms with van der Waals surface area (Å²) in [5, 5.41) is 11.4. The summed E-state index contributed by atoms with van der Waals surface area (Å²) in [6, 6.07) is 8.16. The van der Waals surface area contributed by atoms with E-state index in [4.69, 9.17) is 10.9 Å². The smallest absolute Gasteiger partial charge is 0.229 e. The number of benzene rings is 1. The van der Waals surface area contributed by atoms with Crippen molar-refractivity contribution in [2.45, 2.75) is 31.6 Å². The number of hydrogen-bond donors (Lipinski definition) is 2. The third-order valence-corrected chi connectivity index (χ3v) is 3.88. The molecule has 3 N–H and O–H groups in total. The summed E-state index contributed by atoms with van der Waals surface area (Å²) in [6.45, 7) is 0.466. The average molecular weight is 275 g/mol. The lowest BCUT2D eigenvalue weighted by molar-refractivity contribution is -0.131. The Bertz CT molecular complexity index is 514. The van der Waals surface area contributed by atoms with Crippen LogP contribution in [0.15, 0.2) is 29.4 Å². The molecule has 1 atom stereocenters. The van der Waals surface area contributed by atoms with E-state index in [-0.39, 0.29) is 17.7 Å².